The van der Waals surface area contributed by atoms with Gasteiger partial charge in [-0.2, -0.15) is 5.26 Å². The Kier molecular flexibility index (Phi) is 5.72. The van der Waals surface area contributed by atoms with Crippen molar-refractivity contribution < 1.29 is 19.1 Å². The molecule has 0 aromatic heterocycles. The van der Waals surface area contributed by atoms with Crippen molar-refractivity contribution in [1.29, 1.82) is 5.26 Å². The lowest BCUT2D eigenvalue weighted by molar-refractivity contribution is -0.136. The SMILES string of the molecule is COc1ccc(NC(=O)C(C#N)C(=O)C(C)OCC2CC2)cc1. The monoisotopic (exact) mass is 316 g/mol. The highest BCUT2D eigenvalue weighted by molar-refractivity contribution is 6.10. The first kappa shape index (κ1) is 17.0. The van der Waals surface area contributed by atoms with E-state index in [1.807, 2.05) is 0 Å². The number of benzene rings is 1. The minimum atomic E-state index is -1.38. The van der Waals surface area contributed by atoms with E-state index in [1.54, 1.807) is 44.4 Å². The summed E-state index contributed by atoms with van der Waals surface area (Å²) < 4.78 is 10.5. The molecule has 1 saturated carbocycles. The maximum absolute atomic E-state index is 12.2. The average molecular weight is 316 g/mol. The van der Waals surface area contributed by atoms with E-state index in [0.717, 1.165) is 12.8 Å². The zero-order valence-electron chi connectivity index (χ0n) is 13.2. The number of Topliss-reactive ketones (excluding diaryl/α,β-unsaturated/α-hetero) is 1. The van der Waals surface area contributed by atoms with E-state index in [1.165, 1.54) is 0 Å². The summed E-state index contributed by atoms with van der Waals surface area (Å²) in [7, 11) is 1.54. The normalized spacial score (nSPS) is 16.0. The smallest absolute Gasteiger partial charge is 0.249 e. The highest BCUT2D eigenvalue weighted by atomic mass is 16.5. The van der Waals surface area contributed by atoms with Crippen LogP contribution in [0.5, 0.6) is 5.75 Å². The van der Waals surface area contributed by atoms with Gasteiger partial charge in [-0.15, -0.1) is 0 Å². The van der Waals surface area contributed by atoms with Gasteiger partial charge < -0.3 is 14.8 Å². The van der Waals surface area contributed by atoms with Crippen LogP contribution in [-0.4, -0.2) is 31.5 Å². The second kappa shape index (κ2) is 7.75. The molecule has 0 heterocycles. The lowest BCUT2D eigenvalue weighted by atomic mass is 10.0. The standard InChI is InChI=1S/C17H20N2O4/c1-11(23-10-12-3-4-12)16(20)15(9-18)17(21)19-13-5-7-14(22-2)8-6-13/h5-8,11-12,15H,3-4,10H2,1-2H3,(H,19,21). The van der Waals surface area contributed by atoms with E-state index >= 15 is 0 Å². The first-order valence-corrected chi connectivity index (χ1v) is 7.55. The molecule has 122 valence electrons. The van der Waals surface area contributed by atoms with Crippen molar-refractivity contribution in [3.05, 3.63) is 24.3 Å². The number of nitrogens with one attached hydrogen (secondary N) is 1. The van der Waals surface area contributed by atoms with Crippen molar-refractivity contribution in [3.8, 4) is 11.8 Å². The largest absolute Gasteiger partial charge is 0.497 e. The first-order chi connectivity index (χ1) is 11.0. The van der Waals surface area contributed by atoms with Crippen LogP contribution in [0.2, 0.25) is 0 Å². The average Bonchev–Trinajstić information content (AvgIpc) is 3.38. The Morgan fingerprint density at radius 2 is 2.00 bits per heavy atom. The van der Waals surface area contributed by atoms with Gasteiger partial charge in [0.15, 0.2) is 11.7 Å². The molecule has 1 amide bonds. The Morgan fingerprint density at radius 3 is 2.52 bits per heavy atom. The Bertz CT molecular complexity index is 602. The number of hydrogen-bond donors (Lipinski definition) is 1. The predicted octanol–water partition coefficient (Wildman–Crippen LogP) is 2.16. The summed E-state index contributed by atoms with van der Waals surface area (Å²) in [5.41, 5.74) is 0.496. The first-order valence-electron chi connectivity index (χ1n) is 7.55. The fourth-order valence-electron chi connectivity index (χ4n) is 2.02. The molecule has 0 radical (unpaired) electrons. The number of rotatable bonds is 8. The van der Waals surface area contributed by atoms with Crippen LogP contribution in [0.3, 0.4) is 0 Å². The molecular weight excluding hydrogens is 296 g/mol. The van der Waals surface area contributed by atoms with Crippen molar-refractivity contribution in [1.82, 2.24) is 0 Å². The Hall–Kier alpha value is -2.39. The fourth-order valence-corrected chi connectivity index (χ4v) is 2.02. The Balaban J connectivity index is 1.93. The molecule has 0 spiro atoms. The molecule has 1 aromatic rings. The van der Waals surface area contributed by atoms with Crippen LogP contribution in [0, 0.1) is 23.2 Å². The van der Waals surface area contributed by atoms with Crippen LogP contribution >= 0.6 is 0 Å². The highest BCUT2D eigenvalue weighted by Gasteiger charge is 2.32. The molecule has 2 atom stereocenters. The van der Waals surface area contributed by atoms with Gasteiger partial charge in [0.05, 0.1) is 19.8 Å². The summed E-state index contributed by atoms with van der Waals surface area (Å²) in [6, 6.07) is 8.41. The van der Waals surface area contributed by atoms with Gasteiger partial charge in [0.25, 0.3) is 0 Å². The zero-order valence-corrected chi connectivity index (χ0v) is 13.2. The second-order valence-corrected chi connectivity index (χ2v) is 5.60. The molecule has 2 rings (SSSR count). The summed E-state index contributed by atoms with van der Waals surface area (Å²) in [5.74, 6) is -1.38. The third-order valence-corrected chi connectivity index (χ3v) is 3.71. The van der Waals surface area contributed by atoms with Crippen molar-refractivity contribution in [2.24, 2.45) is 11.8 Å². The lowest BCUT2D eigenvalue weighted by Crippen LogP contribution is -2.36. The molecule has 0 aliphatic heterocycles. The van der Waals surface area contributed by atoms with E-state index in [9.17, 15) is 9.59 Å². The quantitative estimate of drug-likeness (QED) is 0.742. The summed E-state index contributed by atoms with van der Waals surface area (Å²) in [5, 5.41) is 11.7. The van der Waals surface area contributed by atoms with E-state index in [4.69, 9.17) is 14.7 Å². The number of hydrogen-bond acceptors (Lipinski definition) is 5. The number of ketones is 1. The summed E-state index contributed by atoms with van der Waals surface area (Å²) in [6.45, 7) is 2.08. The number of ether oxygens (including phenoxy) is 2. The predicted molar refractivity (Wildman–Crippen MR) is 83.9 cm³/mol. The van der Waals surface area contributed by atoms with Crippen LogP contribution in [0.25, 0.3) is 0 Å². The number of carbonyl (C=O) groups is 2. The van der Waals surface area contributed by atoms with E-state index in [-0.39, 0.29) is 0 Å². The number of amides is 1. The van der Waals surface area contributed by atoms with Crippen molar-refractivity contribution in [2.75, 3.05) is 19.0 Å². The van der Waals surface area contributed by atoms with Crippen LogP contribution in [0.4, 0.5) is 5.69 Å². The van der Waals surface area contributed by atoms with Gasteiger partial charge in [-0.3, -0.25) is 9.59 Å². The van der Waals surface area contributed by atoms with E-state index in [2.05, 4.69) is 5.32 Å². The summed E-state index contributed by atoms with van der Waals surface area (Å²) in [6.07, 6.45) is 1.46. The molecule has 0 bridgehead atoms. The molecule has 1 aliphatic carbocycles. The van der Waals surface area contributed by atoms with E-state index < -0.39 is 23.7 Å². The lowest BCUT2D eigenvalue weighted by Gasteiger charge is -2.15. The molecule has 6 heteroatoms. The van der Waals surface area contributed by atoms with Crippen LogP contribution in [-0.2, 0) is 14.3 Å². The fraction of sp³-hybridized carbons (Fsp3) is 0.471. The molecule has 1 aliphatic rings. The van der Waals surface area contributed by atoms with Crippen molar-refractivity contribution in [2.45, 2.75) is 25.9 Å². The summed E-state index contributed by atoms with van der Waals surface area (Å²) >= 11 is 0. The van der Waals surface area contributed by atoms with Gasteiger partial charge in [-0.1, -0.05) is 0 Å². The van der Waals surface area contributed by atoms with Crippen molar-refractivity contribution in [3.63, 3.8) is 0 Å². The Labute approximate surface area is 135 Å². The van der Waals surface area contributed by atoms with Crippen LogP contribution in [0.15, 0.2) is 24.3 Å². The molecule has 2 unspecified atom stereocenters. The highest BCUT2D eigenvalue weighted by Crippen LogP contribution is 2.29. The zero-order chi connectivity index (χ0) is 16.8. The number of anilines is 1. The molecule has 6 nitrogen and oxygen atoms in total. The molecular formula is C17H20N2O4. The van der Waals surface area contributed by atoms with Crippen LogP contribution < -0.4 is 10.1 Å². The minimum absolute atomic E-state index is 0.496. The van der Waals surface area contributed by atoms with Gasteiger partial charge >= 0.3 is 0 Å². The van der Waals surface area contributed by atoms with Gasteiger partial charge in [-0.05, 0) is 49.9 Å². The third kappa shape index (κ3) is 4.80. The van der Waals surface area contributed by atoms with Crippen molar-refractivity contribution >= 4 is 17.4 Å². The molecule has 1 N–H and O–H groups in total. The number of nitriles is 1. The molecule has 1 fully saturated rings. The maximum Gasteiger partial charge on any atom is 0.249 e. The van der Waals surface area contributed by atoms with E-state index in [0.29, 0.717) is 24.0 Å². The van der Waals surface area contributed by atoms with Gasteiger partial charge in [0, 0.05) is 5.69 Å². The Morgan fingerprint density at radius 1 is 1.35 bits per heavy atom. The number of carbonyl (C=O) groups excluding carboxylic acids is 2. The number of methoxy groups -OCH3 is 1. The number of nitrogens with zero attached hydrogens (tertiary/aromatic N) is 1. The maximum atomic E-state index is 12.2. The van der Waals surface area contributed by atoms with Gasteiger partial charge in [-0.25, -0.2) is 0 Å². The minimum Gasteiger partial charge on any atom is -0.497 e. The molecule has 1 aromatic carbocycles. The molecule has 23 heavy (non-hydrogen) atoms. The van der Waals surface area contributed by atoms with Crippen LogP contribution in [0.1, 0.15) is 19.8 Å². The third-order valence-electron chi connectivity index (χ3n) is 3.71. The summed E-state index contributed by atoms with van der Waals surface area (Å²) in [4.78, 5) is 24.4. The topological polar surface area (TPSA) is 88.4 Å². The second-order valence-electron chi connectivity index (χ2n) is 5.60. The van der Waals surface area contributed by atoms with Gasteiger partial charge in [0.2, 0.25) is 5.91 Å². The van der Waals surface area contributed by atoms with Gasteiger partial charge in [0.1, 0.15) is 11.9 Å². The molecule has 0 saturated heterocycles.